The van der Waals surface area contributed by atoms with Crippen LogP contribution in [0.25, 0.3) is 11.3 Å². The number of aromatic nitrogens is 2. The van der Waals surface area contributed by atoms with Gasteiger partial charge in [0.05, 0.1) is 28.8 Å². The maximum atomic E-state index is 14.9. The second-order valence-electron chi connectivity index (χ2n) is 10.4. The van der Waals surface area contributed by atoms with Gasteiger partial charge in [0, 0.05) is 35.2 Å². The molecule has 33 heavy (non-hydrogen) atoms. The number of benzene rings is 1. The van der Waals surface area contributed by atoms with E-state index in [9.17, 15) is 18.3 Å². The van der Waals surface area contributed by atoms with E-state index in [1.807, 2.05) is 25.5 Å². The lowest BCUT2D eigenvalue weighted by Crippen LogP contribution is -2.62. The number of rotatable bonds is 6. The van der Waals surface area contributed by atoms with E-state index in [0.29, 0.717) is 36.3 Å². The number of fused-ring (bicyclic) bond motifs is 1. The molecule has 1 aromatic carbocycles. The molecule has 1 atom stereocenters. The van der Waals surface area contributed by atoms with Crippen LogP contribution < -0.4 is 10.1 Å². The molecule has 5 rings (SSSR count). The third-order valence-electron chi connectivity index (χ3n) is 6.71. The van der Waals surface area contributed by atoms with Crippen molar-refractivity contribution in [1.29, 1.82) is 0 Å². The Bertz CT molecular complexity index is 1090. The van der Waals surface area contributed by atoms with Gasteiger partial charge in [-0.2, -0.15) is 15.7 Å². The monoisotopic (exact) mass is 477 g/mol. The predicted octanol–water partition coefficient (Wildman–Crippen LogP) is 4.56. The summed E-state index contributed by atoms with van der Waals surface area (Å²) >= 11 is 0. The van der Waals surface area contributed by atoms with Crippen molar-refractivity contribution in [3.05, 3.63) is 35.3 Å². The summed E-state index contributed by atoms with van der Waals surface area (Å²) in [6.45, 7) is 5.92. The van der Waals surface area contributed by atoms with Crippen LogP contribution in [0.3, 0.4) is 0 Å². The molecule has 3 N–H and O–H groups in total. The fourth-order valence-electron chi connectivity index (χ4n) is 5.09. The van der Waals surface area contributed by atoms with Crippen molar-refractivity contribution in [2.45, 2.75) is 70.6 Å². The van der Waals surface area contributed by atoms with Gasteiger partial charge in [0.15, 0.2) is 0 Å². The molecule has 1 amide bonds. The Morgan fingerprint density at radius 1 is 1.30 bits per heavy atom. The van der Waals surface area contributed by atoms with Crippen LogP contribution in [0.1, 0.15) is 57.3 Å². The van der Waals surface area contributed by atoms with Crippen LogP contribution in [-0.2, 0) is 17.6 Å². The number of carbonyl (C=O) groups is 1. The van der Waals surface area contributed by atoms with Crippen molar-refractivity contribution in [3.63, 3.8) is 0 Å². The van der Waals surface area contributed by atoms with E-state index in [4.69, 9.17) is 9.84 Å². The number of hydrogen-bond acceptors (Lipinski definition) is 5. The Labute approximate surface area is 195 Å². The first-order chi connectivity index (χ1) is 15.5. The summed E-state index contributed by atoms with van der Waals surface area (Å²) in [5.74, 6) is 0.447. The van der Waals surface area contributed by atoms with E-state index >= 15 is 0 Å². The Hall–Kier alpha value is -2.10. The zero-order valence-corrected chi connectivity index (χ0v) is 20.1. The maximum Gasteiger partial charge on any atom is 0.224 e. The standard InChI is InChI=1S/C24H32FN3O4S/c1-14(2)28-21-10-15(23(29)26-24(3)12-33(30,31)13-24)4-8-18(21)22(27-28)19-11-17(7-9-20(19)25)32-16-5-6-16/h7,9,11,14-16,30-31H,4-6,8,10,12-13H2,1-3H3,(H,26,29). The number of nitrogens with one attached hydrogen (secondary N) is 1. The van der Waals surface area contributed by atoms with Gasteiger partial charge < -0.3 is 10.1 Å². The van der Waals surface area contributed by atoms with E-state index in [1.54, 1.807) is 12.1 Å². The maximum absolute atomic E-state index is 14.9. The summed E-state index contributed by atoms with van der Waals surface area (Å²) in [6, 6.07) is 4.92. The topological polar surface area (TPSA) is 96.6 Å². The van der Waals surface area contributed by atoms with Crippen LogP contribution in [0.2, 0.25) is 0 Å². The van der Waals surface area contributed by atoms with Crippen LogP contribution >= 0.6 is 10.6 Å². The van der Waals surface area contributed by atoms with Gasteiger partial charge in [-0.3, -0.25) is 18.6 Å². The molecular weight excluding hydrogens is 445 g/mol. The van der Waals surface area contributed by atoms with Gasteiger partial charge >= 0.3 is 0 Å². The summed E-state index contributed by atoms with van der Waals surface area (Å²) in [5.41, 5.74) is 2.49. The molecule has 1 saturated carbocycles. The number of halogens is 1. The van der Waals surface area contributed by atoms with E-state index in [1.165, 1.54) is 6.07 Å². The zero-order chi connectivity index (χ0) is 23.5. The van der Waals surface area contributed by atoms with Gasteiger partial charge in [-0.15, -0.1) is 0 Å². The van der Waals surface area contributed by atoms with Gasteiger partial charge in [-0.1, -0.05) is 0 Å². The molecular formula is C24H32FN3O4S. The van der Waals surface area contributed by atoms with Crippen molar-refractivity contribution >= 4 is 16.5 Å². The van der Waals surface area contributed by atoms with Crippen molar-refractivity contribution in [1.82, 2.24) is 15.1 Å². The lowest BCUT2D eigenvalue weighted by atomic mass is 9.84. The van der Waals surface area contributed by atoms with Gasteiger partial charge in [0.25, 0.3) is 0 Å². The Morgan fingerprint density at radius 3 is 2.67 bits per heavy atom. The molecule has 2 aromatic rings. The summed E-state index contributed by atoms with van der Waals surface area (Å²) < 4.78 is 42.2. The zero-order valence-electron chi connectivity index (χ0n) is 19.3. The first kappa shape index (κ1) is 22.7. The van der Waals surface area contributed by atoms with Crippen LogP contribution in [0.5, 0.6) is 5.75 Å². The van der Waals surface area contributed by atoms with Crippen molar-refractivity contribution in [2.24, 2.45) is 5.92 Å². The minimum atomic E-state index is -2.55. The third kappa shape index (κ3) is 4.50. The highest BCUT2D eigenvalue weighted by Gasteiger charge is 2.46. The predicted molar refractivity (Wildman–Crippen MR) is 126 cm³/mol. The number of nitrogens with zero attached hydrogens (tertiary/aromatic N) is 2. The van der Waals surface area contributed by atoms with Gasteiger partial charge in [-0.05, 0) is 64.7 Å². The second kappa shape index (κ2) is 7.99. The Kier molecular flexibility index (Phi) is 5.49. The molecule has 0 bridgehead atoms. The largest absolute Gasteiger partial charge is 0.490 e. The fourth-order valence-corrected chi connectivity index (χ4v) is 7.19. The minimum Gasteiger partial charge on any atom is -0.490 e. The molecule has 7 nitrogen and oxygen atoms in total. The van der Waals surface area contributed by atoms with E-state index < -0.39 is 16.1 Å². The average Bonchev–Trinajstić information content (AvgIpc) is 3.44. The summed E-state index contributed by atoms with van der Waals surface area (Å²) in [6.07, 6.45) is 4.09. The van der Waals surface area contributed by atoms with Crippen molar-refractivity contribution in [2.75, 3.05) is 11.5 Å². The second-order valence-corrected chi connectivity index (χ2v) is 12.5. The van der Waals surface area contributed by atoms with Crippen LogP contribution in [0, 0.1) is 11.7 Å². The molecule has 180 valence electrons. The number of amides is 1. The number of carbonyl (C=O) groups excluding carboxylic acids is 1. The van der Waals surface area contributed by atoms with Crippen LogP contribution in [-0.4, -0.2) is 47.9 Å². The first-order valence-corrected chi connectivity index (χ1v) is 13.5. The lowest BCUT2D eigenvalue weighted by molar-refractivity contribution is -0.126. The fraction of sp³-hybridized carbons (Fsp3) is 0.583. The summed E-state index contributed by atoms with van der Waals surface area (Å²) in [4.78, 5) is 13.0. The molecule has 1 saturated heterocycles. The highest BCUT2D eigenvalue weighted by molar-refractivity contribution is 8.25. The molecule has 2 fully saturated rings. The Balaban J connectivity index is 1.41. The normalized spacial score (nSPS) is 24.0. The molecule has 2 aliphatic carbocycles. The van der Waals surface area contributed by atoms with Crippen molar-refractivity contribution < 1.29 is 23.0 Å². The molecule has 1 aliphatic heterocycles. The molecule has 0 spiro atoms. The lowest BCUT2D eigenvalue weighted by Gasteiger charge is -2.54. The molecule has 0 radical (unpaired) electrons. The van der Waals surface area contributed by atoms with Gasteiger partial charge in [0.1, 0.15) is 11.6 Å². The quantitative estimate of drug-likeness (QED) is 0.567. The molecule has 2 heterocycles. The van der Waals surface area contributed by atoms with E-state index in [-0.39, 0.29) is 41.3 Å². The SMILES string of the molecule is CC(C)n1nc(-c2cc(OC3CC3)ccc2F)c2c1CC(C(=O)NC1(C)CS(O)(O)C1)CC2. The third-order valence-corrected chi connectivity index (χ3v) is 8.90. The Morgan fingerprint density at radius 2 is 2.03 bits per heavy atom. The molecule has 3 aliphatic rings. The summed E-state index contributed by atoms with van der Waals surface area (Å²) in [7, 11) is -2.55. The highest BCUT2D eigenvalue weighted by atomic mass is 32.3. The highest BCUT2D eigenvalue weighted by Crippen LogP contribution is 2.54. The van der Waals surface area contributed by atoms with Crippen molar-refractivity contribution in [3.8, 4) is 17.0 Å². The van der Waals surface area contributed by atoms with Crippen LogP contribution in [0.15, 0.2) is 18.2 Å². The average molecular weight is 478 g/mol. The molecule has 9 heteroatoms. The number of ether oxygens (including phenoxy) is 1. The molecule has 1 aromatic heterocycles. The van der Waals surface area contributed by atoms with Gasteiger partial charge in [0.2, 0.25) is 5.91 Å². The smallest absolute Gasteiger partial charge is 0.224 e. The first-order valence-electron chi connectivity index (χ1n) is 11.7. The van der Waals surface area contributed by atoms with Gasteiger partial charge in [-0.25, -0.2) is 4.39 Å². The molecule has 1 unspecified atom stereocenters. The number of hydrogen-bond donors (Lipinski definition) is 3. The van der Waals surface area contributed by atoms with E-state index in [2.05, 4.69) is 5.32 Å². The summed E-state index contributed by atoms with van der Waals surface area (Å²) in [5, 5.41) is 7.83. The minimum absolute atomic E-state index is 0.0675. The van der Waals surface area contributed by atoms with E-state index in [0.717, 1.165) is 24.1 Å². The van der Waals surface area contributed by atoms with Crippen LogP contribution in [0.4, 0.5) is 4.39 Å².